The summed E-state index contributed by atoms with van der Waals surface area (Å²) in [6, 6.07) is 15.1. The molecule has 0 unspecified atom stereocenters. The van der Waals surface area contributed by atoms with Gasteiger partial charge in [-0.2, -0.15) is 5.26 Å². The van der Waals surface area contributed by atoms with Crippen LogP contribution in [-0.2, 0) is 13.1 Å². The number of hydrogen-bond acceptors (Lipinski definition) is 4. The van der Waals surface area contributed by atoms with Crippen molar-refractivity contribution in [1.82, 2.24) is 9.88 Å². The zero-order chi connectivity index (χ0) is 17.8. The van der Waals surface area contributed by atoms with Crippen molar-refractivity contribution in [3.8, 4) is 6.07 Å². The standard InChI is InChI=1S/C20H19FN4/c1-25(2)13-15-8-7-14(9-18(15)21)11-24-20-16(10-22)12-23-19-6-4-3-5-17(19)20/h3-9,12H,11,13H2,1-2H3,(H,23,24). The van der Waals surface area contributed by atoms with Crippen LogP contribution in [0, 0.1) is 17.1 Å². The maximum atomic E-state index is 14.2. The Morgan fingerprint density at radius 1 is 1.20 bits per heavy atom. The number of anilines is 1. The quantitative estimate of drug-likeness (QED) is 0.768. The number of hydrogen-bond donors (Lipinski definition) is 1. The van der Waals surface area contributed by atoms with E-state index in [-0.39, 0.29) is 5.82 Å². The summed E-state index contributed by atoms with van der Waals surface area (Å²) in [4.78, 5) is 6.22. The molecule has 2 aromatic carbocycles. The number of aromatic nitrogens is 1. The van der Waals surface area contributed by atoms with Crippen LogP contribution in [0.25, 0.3) is 10.9 Å². The first kappa shape index (κ1) is 16.9. The van der Waals surface area contributed by atoms with E-state index in [2.05, 4.69) is 16.4 Å². The Labute approximate surface area is 146 Å². The molecule has 0 atom stereocenters. The van der Waals surface area contributed by atoms with Crippen LogP contribution in [0.15, 0.2) is 48.7 Å². The Hall–Kier alpha value is -2.97. The largest absolute Gasteiger partial charge is 0.379 e. The van der Waals surface area contributed by atoms with Gasteiger partial charge >= 0.3 is 0 Å². The summed E-state index contributed by atoms with van der Waals surface area (Å²) >= 11 is 0. The molecule has 4 nitrogen and oxygen atoms in total. The van der Waals surface area contributed by atoms with Crippen molar-refractivity contribution < 1.29 is 4.39 Å². The van der Waals surface area contributed by atoms with Crippen LogP contribution in [0.1, 0.15) is 16.7 Å². The molecule has 0 aliphatic heterocycles. The van der Waals surface area contributed by atoms with Gasteiger partial charge in [-0.25, -0.2) is 4.39 Å². The van der Waals surface area contributed by atoms with E-state index in [0.29, 0.717) is 24.2 Å². The third-order valence-electron chi connectivity index (χ3n) is 3.97. The molecule has 3 aromatic rings. The van der Waals surface area contributed by atoms with Gasteiger partial charge in [0.25, 0.3) is 0 Å². The monoisotopic (exact) mass is 334 g/mol. The van der Waals surface area contributed by atoms with Crippen LogP contribution in [0.4, 0.5) is 10.1 Å². The smallest absolute Gasteiger partial charge is 0.128 e. The maximum Gasteiger partial charge on any atom is 0.128 e. The lowest BCUT2D eigenvalue weighted by atomic mass is 10.1. The predicted molar refractivity (Wildman–Crippen MR) is 97.6 cm³/mol. The fourth-order valence-corrected chi connectivity index (χ4v) is 2.78. The number of rotatable bonds is 5. The van der Waals surface area contributed by atoms with Crippen molar-refractivity contribution in [2.45, 2.75) is 13.1 Å². The zero-order valence-electron chi connectivity index (χ0n) is 14.3. The molecule has 1 heterocycles. The summed E-state index contributed by atoms with van der Waals surface area (Å²) in [6.07, 6.45) is 1.56. The van der Waals surface area contributed by atoms with E-state index in [0.717, 1.165) is 22.2 Å². The lowest BCUT2D eigenvalue weighted by Gasteiger charge is -2.13. The van der Waals surface area contributed by atoms with Crippen molar-refractivity contribution in [1.29, 1.82) is 5.26 Å². The molecule has 126 valence electrons. The Kier molecular flexibility index (Phi) is 4.92. The average Bonchev–Trinajstić information content (AvgIpc) is 2.61. The Bertz CT molecular complexity index is 944. The molecule has 0 amide bonds. The summed E-state index contributed by atoms with van der Waals surface area (Å²) in [6.45, 7) is 0.995. The van der Waals surface area contributed by atoms with Gasteiger partial charge in [-0.15, -0.1) is 0 Å². The molecule has 0 aliphatic carbocycles. The highest BCUT2D eigenvalue weighted by Crippen LogP contribution is 2.26. The molecule has 25 heavy (non-hydrogen) atoms. The summed E-state index contributed by atoms with van der Waals surface area (Å²) < 4.78 is 14.2. The normalized spacial score (nSPS) is 10.8. The van der Waals surface area contributed by atoms with Crippen molar-refractivity contribution in [3.05, 3.63) is 71.2 Å². The highest BCUT2D eigenvalue weighted by Gasteiger charge is 2.09. The van der Waals surface area contributed by atoms with Crippen molar-refractivity contribution in [3.63, 3.8) is 0 Å². The van der Waals surface area contributed by atoms with Crippen LogP contribution in [0.2, 0.25) is 0 Å². The first-order chi connectivity index (χ1) is 12.1. The first-order valence-electron chi connectivity index (χ1n) is 8.02. The average molecular weight is 334 g/mol. The number of fused-ring (bicyclic) bond motifs is 1. The van der Waals surface area contributed by atoms with E-state index in [9.17, 15) is 9.65 Å². The van der Waals surface area contributed by atoms with E-state index in [4.69, 9.17) is 0 Å². The van der Waals surface area contributed by atoms with E-state index in [1.165, 1.54) is 0 Å². The second-order valence-electron chi connectivity index (χ2n) is 6.19. The van der Waals surface area contributed by atoms with Gasteiger partial charge in [-0.1, -0.05) is 30.3 Å². The molecule has 1 aromatic heterocycles. The fourth-order valence-electron chi connectivity index (χ4n) is 2.78. The predicted octanol–water partition coefficient (Wildman–Crippen LogP) is 3.92. The van der Waals surface area contributed by atoms with Gasteiger partial charge < -0.3 is 10.2 Å². The number of benzene rings is 2. The SMILES string of the molecule is CN(C)Cc1ccc(CNc2c(C#N)cnc3ccccc23)cc1F. The second kappa shape index (κ2) is 7.29. The van der Waals surface area contributed by atoms with Crippen LogP contribution in [-0.4, -0.2) is 24.0 Å². The summed E-state index contributed by atoms with van der Waals surface area (Å²) in [5.74, 6) is -0.215. The molecule has 0 saturated carbocycles. The molecule has 0 saturated heterocycles. The van der Waals surface area contributed by atoms with Gasteiger partial charge in [0.15, 0.2) is 0 Å². The highest BCUT2D eigenvalue weighted by molar-refractivity contribution is 5.93. The third kappa shape index (κ3) is 3.76. The van der Waals surface area contributed by atoms with Gasteiger partial charge in [0.2, 0.25) is 0 Å². The number of para-hydroxylation sites is 1. The molecule has 0 fully saturated rings. The molecule has 3 rings (SSSR count). The number of nitrogens with one attached hydrogen (secondary N) is 1. The lowest BCUT2D eigenvalue weighted by Crippen LogP contribution is -2.12. The van der Waals surface area contributed by atoms with Crippen LogP contribution < -0.4 is 5.32 Å². The van der Waals surface area contributed by atoms with Crippen molar-refractivity contribution in [2.75, 3.05) is 19.4 Å². The zero-order valence-corrected chi connectivity index (χ0v) is 14.3. The minimum Gasteiger partial charge on any atom is -0.379 e. The van der Waals surface area contributed by atoms with E-state index in [1.807, 2.05) is 55.4 Å². The highest BCUT2D eigenvalue weighted by atomic mass is 19.1. The number of nitriles is 1. The number of pyridine rings is 1. The Morgan fingerprint density at radius 3 is 2.72 bits per heavy atom. The van der Waals surface area contributed by atoms with E-state index < -0.39 is 0 Å². The minimum atomic E-state index is -0.215. The summed E-state index contributed by atoms with van der Waals surface area (Å²) in [5, 5.41) is 13.5. The summed E-state index contributed by atoms with van der Waals surface area (Å²) in [5.41, 5.74) is 3.51. The fraction of sp³-hybridized carbons (Fsp3) is 0.200. The summed E-state index contributed by atoms with van der Waals surface area (Å²) in [7, 11) is 3.82. The molecule has 5 heteroatoms. The second-order valence-corrected chi connectivity index (χ2v) is 6.19. The minimum absolute atomic E-state index is 0.215. The molecular weight excluding hydrogens is 315 g/mol. The molecular formula is C20H19FN4. The maximum absolute atomic E-state index is 14.2. The molecule has 0 spiro atoms. The van der Waals surface area contributed by atoms with Crippen molar-refractivity contribution in [2.24, 2.45) is 0 Å². The number of halogens is 1. The first-order valence-corrected chi connectivity index (χ1v) is 8.02. The van der Waals surface area contributed by atoms with Gasteiger partial charge in [0.05, 0.1) is 16.8 Å². The van der Waals surface area contributed by atoms with Crippen LogP contribution in [0.5, 0.6) is 0 Å². The van der Waals surface area contributed by atoms with Crippen LogP contribution >= 0.6 is 0 Å². The molecule has 1 N–H and O–H groups in total. The Balaban J connectivity index is 1.86. The Morgan fingerprint density at radius 2 is 2.00 bits per heavy atom. The van der Waals surface area contributed by atoms with Crippen LogP contribution in [0.3, 0.4) is 0 Å². The molecule has 0 bridgehead atoms. The third-order valence-corrected chi connectivity index (χ3v) is 3.97. The number of nitrogens with zero attached hydrogens (tertiary/aromatic N) is 3. The van der Waals surface area contributed by atoms with Gasteiger partial charge in [-0.05, 0) is 31.8 Å². The van der Waals surface area contributed by atoms with Gasteiger partial charge in [0, 0.05) is 30.2 Å². The van der Waals surface area contributed by atoms with E-state index >= 15 is 0 Å². The van der Waals surface area contributed by atoms with Gasteiger partial charge in [0.1, 0.15) is 11.9 Å². The molecule has 0 aliphatic rings. The van der Waals surface area contributed by atoms with E-state index in [1.54, 1.807) is 12.3 Å². The van der Waals surface area contributed by atoms with Crippen molar-refractivity contribution >= 4 is 16.6 Å². The molecule has 0 radical (unpaired) electrons. The topological polar surface area (TPSA) is 52.0 Å². The van der Waals surface area contributed by atoms with Gasteiger partial charge in [-0.3, -0.25) is 4.98 Å². The lowest BCUT2D eigenvalue weighted by molar-refractivity contribution is 0.392.